The van der Waals surface area contributed by atoms with E-state index in [4.69, 9.17) is 25.8 Å². The van der Waals surface area contributed by atoms with Gasteiger partial charge in [0.05, 0.1) is 12.8 Å². The van der Waals surface area contributed by atoms with E-state index in [0.29, 0.717) is 16.3 Å². The maximum atomic E-state index is 12.0. The van der Waals surface area contributed by atoms with Gasteiger partial charge in [-0.05, 0) is 30.7 Å². The summed E-state index contributed by atoms with van der Waals surface area (Å²) >= 11 is 6.33. The third-order valence-electron chi connectivity index (χ3n) is 3.50. The number of methoxy groups -OCH3 is 2. The topological polar surface area (TPSA) is 48.0 Å². The molecule has 0 aliphatic rings. The van der Waals surface area contributed by atoms with Crippen LogP contribution in [0.2, 0.25) is 5.02 Å². The average Bonchev–Trinajstić information content (AvgIpc) is 2.59. The molecule has 0 N–H and O–H groups in total. The summed E-state index contributed by atoms with van der Waals surface area (Å²) in [6.07, 6.45) is -0.531. The first-order chi connectivity index (χ1) is 11.6. The van der Waals surface area contributed by atoms with E-state index in [-0.39, 0.29) is 13.3 Å². The van der Waals surface area contributed by atoms with E-state index in [0.717, 1.165) is 11.3 Å². The molecule has 0 atom stereocenters. The van der Waals surface area contributed by atoms with E-state index in [1.54, 1.807) is 18.2 Å². The van der Waals surface area contributed by atoms with Crippen molar-refractivity contribution in [3.05, 3.63) is 58.6 Å². The first kappa shape index (κ1) is 18.1. The molecule has 6 heteroatoms. The van der Waals surface area contributed by atoms with Gasteiger partial charge in [0.2, 0.25) is 0 Å². The predicted octanol–water partition coefficient (Wildman–Crippen LogP) is 4.40. The second-order valence-electron chi connectivity index (χ2n) is 5.11. The second kappa shape index (κ2) is 8.57. The molecule has 0 saturated heterocycles. The zero-order valence-electron chi connectivity index (χ0n) is 13.9. The van der Waals surface area contributed by atoms with Crippen molar-refractivity contribution in [2.24, 2.45) is 0 Å². The molecule has 1 amide bonds. The first-order valence-electron chi connectivity index (χ1n) is 7.38. The van der Waals surface area contributed by atoms with Gasteiger partial charge in [-0.3, -0.25) is 4.90 Å². The Morgan fingerprint density at radius 3 is 2.54 bits per heavy atom. The normalized spacial score (nSPS) is 10.3. The molecule has 0 aliphatic heterocycles. The van der Waals surface area contributed by atoms with Crippen LogP contribution < -0.4 is 9.64 Å². The molecule has 24 heavy (non-hydrogen) atoms. The lowest BCUT2D eigenvalue weighted by molar-refractivity contribution is 0.153. The smallest absolute Gasteiger partial charge is 0.415 e. The van der Waals surface area contributed by atoms with Gasteiger partial charge in [-0.2, -0.15) is 0 Å². The van der Waals surface area contributed by atoms with Crippen molar-refractivity contribution in [3.8, 4) is 5.75 Å². The number of ether oxygens (including phenoxy) is 3. The molecule has 0 aliphatic carbocycles. The number of carbonyl (C=O) groups excluding carboxylic acids is 1. The van der Waals surface area contributed by atoms with Crippen molar-refractivity contribution >= 4 is 23.4 Å². The van der Waals surface area contributed by atoms with Crippen LogP contribution in [0.15, 0.2) is 42.5 Å². The highest BCUT2D eigenvalue weighted by Gasteiger charge is 2.21. The average molecular weight is 350 g/mol. The van der Waals surface area contributed by atoms with Crippen molar-refractivity contribution in [3.63, 3.8) is 0 Å². The van der Waals surface area contributed by atoms with Gasteiger partial charge in [0.15, 0.2) is 0 Å². The van der Waals surface area contributed by atoms with Gasteiger partial charge in [0.25, 0.3) is 0 Å². The van der Waals surface area contributed by atoms with Crippen LogP contribution in [0.5, 0.6) is 5.75 Å². The van der Waals surface area contributed by atoms with E-state index < -0.39 is 6.09 Å². The summed E-state index contributed by atoms with van der Waals surface area (Å²) in [7, 11) is 2.82. The third-order valence-corrected chi connectivity index (χ3v) is 3.86. The second-order valence-corrected chi connectivity index (χ2v) is 5.51. The Morgan fingerprint density at radius 1 is 1.12 bits per heavy atom. The summed E-state index contributed by atoms with van der Waals surface area (Å²) in [5, 5.41) is 0.506. The zero-order chi connectivity index (χ0) is 17.5. The van der Waals surface area contributed by atoms with E-state index in [1.165, 1.54) is 19.1 Å². The van der Waals surface area contributed by atoms with Gasteiger partial charge in [-0.15, -0.1) is 0 Å². The van der Waals surface area contributed by atoms with Gasteiger partial charge in [-0.25, -0.2) is 4.79 Å². The number of halogens is 1. The minimum Gasteiger partial charge on any atom is -0.488 e. The molecule has 0 fully saturated rings. The summed E-state index contributed by atoms with van der Waals surface area (Å²) in [6, 6.07) is 13.0. The quantitative estimate of drug-likeness (QED) is 0.725. The predicted molar refractivity (Wildman–Crippen MR) is 93.7 cm³/mol. The van der Waals surface area contributed by atoms with E-state index in [2.05, 4.69) is 0 Å². The van der Waals surface area contributed by atoms with Crippen LogP contribution in [0, 0.1) is 6.92 Å². The Hall–Kier alpha value is -2.24. The summed E-state index contributed by atoms with van der Waals surface area (Å²) in [4.78, 5) is 13.4. The highest BCUT2D eigenvalue weighted by Crippen LogP contribution is 2.30. The molecular weight excluding hydrogens is 330 g/mol. The van der Waals surface area contributed by atoms with Crippen LogP contribution in [-0.2, 0) is 16.1 Å². The maximum absolute atomic E-state index is 12.0. The van der Waals surface area contributed by atoms with Gasteiger partial charge in [0.1, 0.15) is 19.1 Å². The van der Waals surface area contributed by atoms with E-state index in [9.17, 15) is 4.79 Å². The van der Waals surface area contributed by atoms with Crippen LogP contribution >= 0.6 is 11.6 Å². The van der Waals surface area contributed by atoms with Crippen molar-refractivity contribution < 1.29 is 19.0 Å². The number of rotatable bonds is 6. The molecule has 0 spiro atoms. The van der Waals surface area contributed by atoms with Crippen molar-refractivity contribution in [2.45, 2.75) is 13.5 Å². The van der Waals surface area contributed by atoms with Crippen molar-refractivity contribution in [1.29, 1.82) is 0 Å². The molecule has 0 saturated carbocycles. The zero-order valence-corrected chi connectivity index (χ0v) is 14.7. The molecule has 5 nitrogen and oxygen atoms in total. The highest BCUT2D eigenvalue weighted by atomic mass is 35.5. The lowest BCUT2D eigenvalue weighted by Gasteiger charge is -2.23. The molecule has 0 heterocycles. The standard InChI is InChI=1S/C18H20ClNO4/c1-13-7-4-5-10-17(13)24-11-14-15(19)8-6-9-16(14)20(12-22-2)18(21)23-3/h4-10H,11-12H2,1-3H3. The molecule has 0 bridgehead atoms. The maximum Gasteiger partial charge on any atom is 0.415 e. The lowest BCUT2D eigenvalue weighted by Crippen LogP contribution is -2.33. The number of hydrogen-bond donors (Lipinski definition) is 0. The Kier molecular flexibility index (Phi) is 6.46. The largest absolute Gasteiger partial charge is 0.488 e. The fourth-order valence-corrected chi connectivity index (χ4v) is 2.50. The third kappa shape index (κ3) is 4.19. The Morgan fingerprint density at radius 2 is 1.88 bits per heavy atom. The van der Waals surface area contributed by atoms with Gasteiger partial charge in [-0.1, -0.05) is 35.9 Å². The summed E-state index contributed by atoms with van der Waals surface area (Å²) in [5.41, 5.74) is 2.29. The Labute approximate surface area is 146 Å². The van der Waals surface area contributed by atoms with Crippen LogP contribution in [0.1, 0.15) is 11.1 Å². The van der Waals surface area contributed by atoms with E-state index in [1.807, 2.05) is 31.2 Å². The molecular formula is C18H20ClNO4. The Balaban J connectivity index is 2.32. The minimum absolute atomic E-state index is 0.0460. The van der Waals surface area contributed by atoms with Gasteiger partial charge in [0, 0.05) is 17.7 Å². The van der Waals surface area contributed by atoms with Crippen LogP contribution in [-0.4, -0.2) is 27.0 Å². The van der Waals surface area contributed by atoms with Crippen LogP contribution in [0.4, 0.5) is 10.5 Å². The van der Waals surface area contributed by atoms with Crippen molar-refractivity contribution in [2.75, 3.05) is 25.9 Å². The number of para-hydroxylation sites is 1. The number of benzene rings is 2. The number of nitrogens with zero attached hydrogens (tertiary/aromatic N) is 1. The fourth-order valence-electron chi connectivity index (χ4n) is 2.27. The highest BCUT2D eigenvalue weighted by molar-refractivity contribution is 6.31. The van der Waals surface area contributed by atoms with Crippen molar-refractivity contribution in [1.82, 2.24) is 0 Å². The molecule has 2 aromatic carbocycles. The number of carbonyl (C=O) groups is 1. The van der Waals surface area contributed by atoms with Gasteiger partial charge < -0.3 is 14.2 Å². The van der Waals surface area contributed by atoms with Crippen LogP contribution in [0.3, 0.4) is 0 Å². The monoisotopic (exact) mass is 349 g/mol. The van der Waals surface area contributed by atoms with E-state index >= 15 is 0 Å². The number of amides is 1. The summed E-state index contributed by atoms with van der Waals surface area (Å²) in [6.45, 7) is 2.23. The molecule has 2 rings (SSSR count). The number of hydrogen-bond acceptors (Lipinski definition) is 4. The molecule has 128 valence electrons. The fraction of sp³-hybridized carbons (Fsp3) is 0.278. The minimum atomic E-state index is -0.531. The molecule has 0 unspecified atom stereocenters. The van der Waals surface area contributed by atoms with Crippen LogP contribution in [0.25, 0.3) is 0 Å². The number of aryl methyl sites for hydroxylation is 1. The molecule has 2 aromatic rings. The number of anilines is 1. The van der Waals surface area contributed by atoms with Gasteiger partial charge >= 0.3 is 6.09 Å². The SMILES string of the molecule is COCN(C(=O)OC)c1cccc(Cl)c1COc1ccccc1C. The Bertz CT molecular complexity index is 705. The molecule has 0 radical (unpaired) electrons. The summed E-state index contributed by atoms with van der Waals surface area (Å²) < 4.78 is 15.8. The summed E-state index contributed by atoms with van der Waals surface area (Å²) in [5.74, 6) is 0.764. The molecule has 0 aromatic heterocycles. The lowest BCUT2D eigenvalue weighted by atomic mass is 10.1. The first-order valence-corrected chi connectivity index (χ1v) is 7.76.